The Labute approximate surface area is 140 Å². The van der Waals surface area contributed by atoms with E-state index in [0.29, 0.717) is 16.7 Å². The van der Waals surface area contributed by atoms with Crippen molar-refractivity contribution in [1.29, 1.82) is 0 Å². The number of aromatic nitrogens is 4. The fourth-order valence-corrected chi connectivity index (χ4v) is 2.89. The van der Waals surface area contributed by atoms with Crippen LogP contribution in [0.2, 0.25) is 5.02 Å². The van der Waals surface area contributed by atoms with E-state index in [9.17, 15) is 0 Å². The lowest BCUT2D eigenvalue weighted by atomic mass is 10.3. The minimum absolute atomic E-state index is 0.481. The molecule has 1 aliphatic carbocycles. The normalized spacial score (nSPS) is 14.5. The van der Waals surface area contributed by atoms with Gasteiger partial charge in [-0.15, -0.1) is 5.10 Å². The molecule has 0 amide bonds. The molecule has 0 N–H and O–H groups in total. The van der Waals surface area contributed by atoms with Gasteiger partial charge in [-0.2, -0.15) is 0 Å². The molecule has 1 aliphatic rings. The number of pyridine rings is 1. The van der Waals surface area contributed by atoms with Gasteiger partial charge in [0, 0.05) is 18.8 Å². The van der Waals surface area contributed by atoms with Gasteiger partial charge >= 0.3 is 0 Å². The van der Waals surface area contributed by atoms with Crippen molar-refractivity contribution in [3.63, 3.8) is 0 Å². The number of rotatable bonds is 4. The average molecular weight is 380 g/mol. The lowest BCUT2D eigenvalue weighted by Crippen LogP contribution is -2.01. The van der Waals surface area contributed by atoms with Crippen molar-refractivity contribution in [1.82, 2.24) is 20.0 Å². The van der Waals surface area contributed by atoms with Crippen LogP contribution in [-0.2, 0) is 6.54 Å². The van der Waals surface area contributed by atoms with E-state index in [-0.39, 0.29) is 0 Å². The molecule has 0 atom stereocenters. The molecule has 2 aromatic heterocycles. The highest BCUT2D eigenvalue weighted by molar-refractivity contribution is 9.10. The van der Waals surface area contributed by atoms with Crippen LogP contribution in [0.15, 0.2) is 34.9 Å². The van der Waals surface area contributed by atoms with Crippen molar-refractivity contribution in [3.05, 3.63) is 40.0 Å². The van der Waals surface area contributed by atoms with Crippen LogP contribution < -0.4 is 4.74 Å². The van der Waals surface area contributed by atoms with Crippen LogP contribution in [0.1, 0.15) is 12.8 Å². The Morgan fingerprint density at radius 1 is 1.27 bits per heavy atom. The quantitative estimate of drug-likeness (QED) is 0.672. The van der Waals surface area contributed by atoms with Gasteiger partial charge in [-0.3, -0.25) is 0 Å². The number of hydrogen-bond donors (Lipinski definition) is 0. The third-order valence-electron chi connectivity index (χ3n) is 3.63. The van der Waals surface area contributed by atoms with Gasteiger partial charge in [-0.1, -0.05) is 16.8 Å². The molecule has 1 saturated carbocycles. The van der Waals surface area contributed by atoms with Crippen LogP contribution in [0.4, 0.5) is 0 Å². The number of halogens is 2. The predicted octanol–water partition coefficient (Wildman–Crippen LogP) is 4.44. The van der Waals surface area contributed by atoms with Crippen molar-refractivity contribution >= 4 is 38.6 Å². The number of fused-ring (bicyclic) bond motifs is 1. The average Bonchev–Trinajstić information content (AvgIpc) is 3.24. The van der Waals surface area contributed by atoms with Crippen LogP contribution in [0.25, 0.3) is 11.0 Å². The van der Waals surface area contributed by atoms with Gasteiger partial charge in [0.1, 0.15) is 11.3 Å². The predicted molar refractivity (Wildman–Crippen MR) is 87.3 cm³/mol. The van der Waals surface area contributed by atoms with Crippen LogP contribution in [0.3, 0.4) is 0 Å². The minimum Gasteiger partial charge on any atom is -0.438 e. The largest absolute Gasteiger partial charge is 0.438 e. The second-order valence-corrected chi connectivity index (χ2v) is 6.61. The van der Waals surface area contributed by atoms with Crippen LogP contribution >= 0.6 is 27.5 Å². The molecular weight excluding hydrogens is 368 g/mol. The Balaban J connectivity index is 1.66. The monoisotopic (exact) mass is 378 g/mol. The molecule has 0 aliphatic heterocycles. The van der Waals surface area contributed by atoms with Gasteiger partial charge < -0.3 is 4.74 Å². The van der Waals surface area contributed by atoms with Crippen molar-refractivity contribution in [3.8, 4) is 11.6 Å². The van der Waals surface area contributed by atoms with Gasteiger partial charge in [-0.25, -0.2) is 9.67 Å². The maximum Gasteiger partial charge on any atom is 0.219 e. The standard InChI is InChI=1S/C15H12BrClN4O/c16-14-12(22-13-6-3-10(17)7-18-13)5-4-11-15(14)19-20-21(11)8-9-1-2-9/h3-7,9H,1-2,8H2. The molecule has 0 saturated heterocycles. The fourth-order valence-electron chi connectivity index (χ4n) is 2.28. The van der Waals surface area contributed by atoms with E-state index in [2.05, 4.69) is 31.2 Å². The first kappa shape index (κ1) is 14.0. The molecule has 2 heterocycles. The van der Waals surface area contributed by atoms with Gasteiger partial charge in [0.25, 0.3) is 0 Å². The molecule has 3 aromatic rings. The number of ether oxygens (including phenoxy) is 1. The summed E-state index contributed by atoms with van der Waals surface area (Å²) in [5, 5.41) is 9.08. The molecule has 1 fully saturated rings. The Morgan fingerprint density at radius 3 is 2.86 bits per heavy atom. The number of benzene rings is 1. The second kappa shape index (κ2) is 5.52. The summed E-state index contributed by atoms with van der Waals surface area (Å²) in [5.74, 6) is 1.88. The fraction of sp³-hybridized carbons (Fsp3) is 0.267. The van der Waals surface area contributed by atoms with Crippen LogP contribution in [-0.4, -0.2) is 20.0 Å². The van der Waals surface area contributed by atoms with Crippen molar-refractivity contribution in [2.75, 3.05) is 0 Å². The zero-order chi connectivity index (χ0) is 15.1. The summed E-state index contributed by atoms with van der Waals surface area (Å²) in [5.41, 5.74) is 1.81. The maximum atomic E-state index is 5.83. The molecule has 0 bridgehead atoms. The summed E-state index contributed by atoms with van der Waals surface area (Å²) in [6.45, 7) is 0.932. The molecule has 0 spiro atoms. The highest BCUT2D eigenvalue weighted by atomic mass is 79.9. The van der Waals surface area contributed by atoms with Gasteiger partial charge in [0.05, 0.1) is 15.0 Å². The molecule has 0 unspecified atom stereocenters. The molecule has 22 heavy (non-hydrogen) atoms. The van der Waals surface area contributed by atoms with Gasteiger partial charge in [0.15, 0.2) is 0 Å². The Kier molecular flexibility index (Phi) is 3.50. The van der Waals surface area contributed by atoms with E-state index in [0.717, 1.165) is 28.0 Å². The van der Waals surface area contributed by atoms with E-state index < -0.39 is 0 Å². The van der Waals surface area contributed by atoms with Crippen LogP contribution in [0.5, 0.6) is 11.6 Å². The first-order chi connectivity index (χ1) is 10.7. The summed E-state index contributed by atoms with van der Waals surface area (Å²) in [6.07, 6.45) is 4.12. The highest BCUT2D eigenvalue weighted by Crippen LogP contribution is 2.36. The summed E-state index contributed by atoms with van der Waals surface area (Å²) in [4.78, 5) is 4.13. The lowest BCUT2D eigenvalue weighted by molar-refractivity contribution is 0.461. The Morgan fingerprint density at radius 2 is 2.14 bits per heavy atom. The van der Waals surface area contributed by atoms with Gasteiger partial charge in [-0.05, 0) is 52.9 Å². The summed E-state index contributed by atoms with van der Waals surface area (Å²) in [7, 11) is 0. The van der Waals surface area contributed by atoms with E-state index in [1.165, 1.54) is 12.8 Å². The smallest absolute Gasteiger partial charge is 0.219 e. The Hall–Kier alpha value is -1.66. The SMILES string of the molecule is Clc1ccc(Oc2ccc3c(nnn3CC3CC3)c2Br)nc1. The molecule has 112 valence electrons. The van der Waals surface area contributed by atoms with Crippen LogP contribution in [0, 0.1) is 5.92 Å². The second-order valence-electron chi connectivity index (χ2n) is 5.38. The van der Waals surface area contributed by atoms with Crippen molar-refractivity contribution in [2.45, 2.75) is 19.4 Å². The lowest BCUT2D eigenvalue weighted by Gasteiger charge is -2.07. The molecule has 0 radical (unpaired) electrons. The van der Waals surface area contributed by atoms with Gasteiger partial charge in [0.2, 0.25) is 5.88 Å². The van der Waals surface area contributed by atoms with E-state index >= 15 is 0 Å². The first-order valence-electron chi connectivity index (χ1n) is 7.02. The zero-order valence-corrected chi connectivity index (χ0v) is 13.9. The summed E-state index contributed by atoms with van der Waals surface area (Å²) in [6, 6.07) is 7.34. The molecule has 1 aromatic carbocycles. The van der Waals surface area contributed by atoms with Crippen molar-refractivity contribution in [2.24, 2.45) is 5.92 Å². The molecule has 7 heteroatoms. The third-order valence-corrected chi connectivity index (χ3v) is 4.62. The topological polar surface area (TPSA) is 52.8 Å². The number of nitrogens with zero attached hydrogens (tertiary/aromatic N) is 4. The maximum absolute atomic E-state index is 5.83. The van der Waals surface area contributed by atoms with E-state index in [1.807, 2.05) is 16.8 Å². The minimum atomic E-state index is 0.481. The summed E-state index contributed by atoms with van der Waals surface area (Å²) < 4.78 is 8.52. The number of hydrogen-bond acceptors (Lipinski definition) is 4. The Bertz CT molecular complexity index is 829. The van der Waals surface area contributed by atoms with E-state index in [1.54, 1.807) is 18.3 Å². The molecule has 4 rings (SSSR count). The first-order valence-corrected chi connectivity index (χ1v) is 8.19. The zero-order valence-electron chi connectivity index (χ0n) is 11.5. The molecule has 5 nitrogen and oxygen atoms in total. The summed E-state index contributed by atoms with van der Waals surface area (Å²) >= 11 is 9.38. The molecular formula is C15H12BrClN4O. The third kappa shape index (κ3) is 2.68. The van der Waals surface area contributed by atoms with E-state index in [4.69, 9.17) is 16.3 Å². The highest BCUT2D eigenvalue weighted by Gasteiger charge is 2.23. The van der Waals surface area contributed by atoms with Crippen molar-refractivity contribution < 1.29 is 4.74 Å².